The van der Waals surface area contributed by atoms with E-state index in [0.717, 1.165) is 14.0 Å². The van der Waals surface area contributed by atoms with Gasteiger partial charge in [-0.25, -0.2) is 4.79 Å². The summed E-state index contributed by atoms with van der Waals surface area (Å²) < 4.78 is 49.3. The Morgan fingerprint density at radius 1 is 1.09 bits per heavy atom. The molecule has 0 unspecified atom stereocenters. The van der Waals surface area contributed by atoms with Crippen LogP contribution in [-0.2, 0) is 14.3 Å². The van der Waals surface area contributed by atoms with E-state index in [1.807, 2.05) is 5.32 Å². The van der Waals surface area contributed by atoms with Crippen LogP contribution in [0.1, 0.15) is 6.92 Å². The van der Waals surface area contributed by atoms with E-state index in [-0.39, 0.29) is 5.69 Å². The number of esters is 1. The molecule has 0 bridgehead atoms. The van der Waals surface area contributed by atoms with Crippen LogP contribution in [0.3, 0.4) is 0 Å². The number of hydrogen-bond acceptors (Lipinski definition) is 5. The van der Waals surface area contributed by atoms with E-state index >= 15 is 0 Å². The third-order valence-corrected chi connectivity index (χ3v) is 2.70. The van der Waals surface area contributed by atoms with Crippen molar-refractivity contribution in [3.8, 4) is 5.75 Å². The summed E-state index contributed by atoms with van der Waals surface area (Å²) in [5, 5.41) is 3.56. The van der Waals surface area contributed by atoms with Crippen LogP contribution in [0.2, 0.25) is 0 Å². The SMILES string of the molecule is COC(=O)[C@@](NC(C)=O)(Nc1ccc(OC)cc1)C(F)(F)F. The largest absolute Gasteiger partial charge is 0.497 e. The number of carbonyl (C=O) groups is 2. The number of benzene rings is 1. The first-order valence-corrected chi connectivity index (χ1v) is 6.02. The van der Waals surface area contributed by atoms with Gasteiger partial charge in [-0.05, 0) is 24.3 Å². The van der Waals surface area contributed by atoms with Crippen molar-refractivity contribution in [2.75, 3.05) is 19.5 Å². The van der Waals surface area contributed by atoms with E-state index in [4.69, 9.17) is 4.74 Å². The minimum absolute atomic E-state index is 0.0581. The first kappa shape index (κ1) is 17.6. The van der Waals surface area contributed by atoms with Crippen LogP contribution in [0.25, 0.3) is 0 Å². The molecule has 0 saturated carbocycles. The van der Waals surface area contributed by atoms with Crippen molar-refractivity contribution in [2.45, 2.75) is 18.8 Å². The quantitative estimate of drug-likeness (QED) is 0.637. The molecule has 0 aliphatic rings. The van der Waals surface area contributed by atoms with Crippen molar-refractivity contribution in [1.29, 1.82) is 0 Å². The fourth-order valence-corrected chi connectivity index (χ4v) is 1.70. The third kappa shape index (κ3) is 3.60. The number of ether oxygens (including phenoxy) is 2. The van der Waals surface area contributed by atoms with Crippen molar-refractivity contribution in [2.24, 2.45) is 0 Å². The second-order valence-electron chi connectivity index (χ2n) is 4.27. The van der Waals surface area contributed by atoms with Gasteiger partial charge in [0, 0.05) is 12.6 Å². The highest BCUT2D eigenvalue weighted by atomic mass is 19.4. The number of halogens is 3. The van der Waals surface area contributed by atoms with E-state index < -0.39 is 23.7 Å². The van der Waals surface area contributed by atoms with Gasteiger partial charge in [-0.3, -0.25) is 4.79 Å². The minimum Gasteiger partial charge on any atom is -0.497 e. The molecule has 0 saturated heterocycles. The third-order valence-electron chi connectivity index (χ3n) is 2.70. The number of rotatable bonds is 5. The Labute approximate surface area is 124 Å². The number of methoxy groups -OCH3 is 2. The molecule has 0 heterocycles. The lowest BCUT2D eigenvalue weighted by molar-refractivity contribution is -0.206. The molecule has 0 aromatic heterocycles. The highest BCUT2D eigenvalue weighted by Crippen LogP contribution is 2.33. The Hall–Kier alpha value is -2.45. The zero-order valence-electron chi connectivity index (χ0n) is 12.1. The summed E-state index contributed by atoms with van der Waals surface area (Å²) in [7, 11) is 2.19. The molecule has 9 heteroatoms. The number of hydrogen-bond donors (Lipinski definition) is 2. The van der Waals surface area contributed by atoms with E-state index in [1.54, 1.807) is 5.32 Å². The zero-order chi connectivity index (χ0) is 17.0. The summed E-state index contributed by atoms with van der Waals surface area (Å²) in [6.07, 6.45) is -5.13. The zero-order valence-corrected chi connectivity index (χ0v) is 12.1. The van der Waals surface area contributed by atoms with Crippen molar-refractivity contribution < 1.29 is 32.2 Å². The van der Waals surface area contributed by atoms with Gasteiger partial charge in [0.05, 0.1) is 14.2 Å². The molecule has 6 nitrogen and oxygen atoms in total. The van der Waals surface area contributed by atoms with Gasteiger partial charge in [-0.1, -0.05) is 0 Å². The molecule has 1 amide bonds. The molecule has 1 rings (SSSR count). The van der Waals surface area contributed by atoms with Crippen LogP contribution >= 0.6 is 0 Å². The highest BCUT2D eigenvalue weighted by molar-refractivity contribution is 5.90. The summed E-state index contributed by atoms with van der Waals surface area (Å²) >= 11 is 0. The number of nitrogens with one attached hydrogen (secondary N) is 2. The molecule has 1 atom stereocenters. The lowest BCUT2D eigenvalue weighted by Gasteiger charge is -2.34. The van der Waals surface area contributed by atoms with Gasteiger partial charge in [0.2, 0.25) is 5.91 Å². The second-order valence-corrected chi connectivity index (χ2v) is 4.27. The number of amides is 1. The summed E-state index contributed by atoms with van der Waals surface area (Å²) in [6.45, 7) is 0.860. The van der Waals surface area contributed by atoms with Crippen molar-refractivity contribution in [3.05, 3.63) is 24.3 Å². The van der Waals surface area contributed by atoms with Gasteiger partial charge in [0.25, 0.3) is 0 Å². The predicted octanol–water partition coefficient (Wildman–Crippen LogP) is 1.67. The molecule has 0 spiro atoms. The van der Waals surface area contributed by atoms with E-state index in [0.29, 0.717) is 5.75 Å². The molecule has 1 aromatic rings. The summed E-state index contributed by atoms with van der Waals surface area (Å²) in [5.41, 5.74) is -3.44. The van der Waals surface area contributed by atoms with E-state index in [1.165, 1.54) is 31.4 Å². The first-order valence-electron chi connectivity index (χ1n) is 6.02. The smallest absolute Gasteiger partial charge is 0.441 e. The molecule has 22 heavy (non-hydrogen) atoms. The lowest BCUT2D eigenvalue weighted by atomic mass is 10.1. The van der Waals surface area contributed by atoms with Crippen molar-refractivity contribution in [3.63, 3.8) is 0 Å². The van der Waals surface area contributed by atoms with Crippen LogP contribution in [-0.4, -0.2) is 37.9 Å². The molecule has 0 aliphatic carbocycles. The van der Waals surface area contributed by atoms with Gasteiger partial charge in [-0.15, -0.1) is 0 Å². The molecule has 1 aromatic carbocycles. The van der Waals surface area contributed by atoms with Gasteiger partial charge >= 0.3 is 17.8 Å². The number of anilines is 1. The fraction of sp³-hybridized carbons (Fsp3) is 0.385. The van der Waals surface area contributed by atoms with Crippen LogP contribution in [0.15, 0.2) is 24.3 Å². The average Bonchev–Trinajstić information content (AvgIpc) is 2.44. The standard InChI is InChI=1S/C13H15F3N2O4/c1-8(19)17-12(11(20)22-3,13(14,15)16)18-9-4-6-10(21-2)7-5-9/h4-7,18H,1-3H3,(H,17,19)/t12-/m1/s1. The van der Waals surface area contributed by atoms with E-state index in [9.17, 15) is 22.8 Å². The van der Waals surface area contributed by atoms with E-state index in [2.05, 4.69) is 4.74 Å². The molecular weight excluding hydrogens is 305 g/mol. The molecule has 0 aliphatic heterocycles. The molecule has 2 N–H and O–H groups in total. The fourth-order valence-electron chi connectivity index (χ4n) is 1.70. The van der Waals surface area contributed by atoms with Crippen molar-refractivity contribution >= 4 is 17.6 Å². The highest BCUT2D eigenvalue weighted by Gasteiger charge is 2.63. The predicted molar refractivity (Wildman–Crippen MR) is 71.2 cm³/mol. The maximum absolute atomic E-state index is 13.4. The van der Waals surface area contributed by atoms with Gasteiger partial charge in [0.15, 0.2) is 0 Å². The molecule has 0 radical (unpaired) electrons. The van der Waals surface area contributed by atoms with Crippen LogP contribution in [0.4, 0.5) is 18.9 Å². The lowest BCUT2D eigenvalue weighted by Crippen LogP contribution is -2.69. The normalized spacial score (nSPS) is 13.7. The summed E-state index contributed by atoms with van der Waals surface area (Å²) in [5.74, 6) is -2.32. The number of alkyl halides is 3. The number of carbonyl (C=O) groups excluding carboxylic acids is 2. The summed E-state index contributed by atoms with van der Waals surface area (Å²) in [4.78, 5) is 22.8. The van der Waals surface area contributed by atoms with Gasteiger partial charge < -0.3 is 20.1 Å². The monoisotopic (exact) mass is 320 g/mol. The van der Waals surface area contributed by atoms with Crippen LogP contribution in [0.5, 0.6) is 5.75 Å². The Balaban J connectivity index is 3.28. The Kier molecular flexibility index (Phi) is 5.23. The maximum atomic E-state index is 13.4. The van der Waals surface area contributed by atoms with Crippen LogP contribution in [0, 0.1) is 0 Å². The topological polar surface area (TPSA) is 76.7 Å². The maximum Gasteiger partial charge on any atom is 0.441 e. The summed E-state index contributed by atoms with van der Waals surface area (Å²) in [6, 6.07) is 5.33. The molecule has 0 fully saturated rings. The second kappa shape index (κ2) is 6.54. The Morgan fingerprint density at radius 3 is 2.00 bits per heavy atom. The Bertz CT molecular complexity index is 545. The van der Waals surface area contributed by atoms with Gasteiger partial charge in [-0.2, -0.15) is 13.2 Å². The average molecular weight is 320 g/mol. The molecule has 122 valence electrons. The van der Waals surface area contributed by atoms with Crippen molar-refractivity contribution in [1.82, 2.24) is 5.32 Å². The van der Waals surface area contributed by atoms with Crippen LogP contribution < -0.4 is 15.4 Å². The Morgan fingerprint density at radius 2 is 1.64 bits per heavy atom. The minimum atomic E-state index is -5.13. The van der Waals surface area contributed by atoms with Gasteiger partial charge in [0.1, 0.15) is 5.75 Å². The molecular formula is C13H15F3N2O4. The first-order chi connectivity index (χ1) is 10.2.